The summed E-state index contributed by atoms with van der Waals surface area (Å²) in [5.41, 5.74) is 0. The van der Waals surface area contributed by atoms with Gasteiger partial charge in [-0.2, -0.15) is 0 Å². The average molecular weight is 1410 g/mol. The molecule has 0 aromatic carbocycles. The van der Waals surface area contributed by atoms with E-state index in [1.807, 2.05) is 0 Å². The van der Waals surface area contributed by atoms with Crippen LogP contribution in [0.2, 0.25) is 0 Å². The molecule has 1 unspecified atom stereocenters. The molecular formula is C54H91N3O39. The molecule has 0 saturated carbocycles. The zero-order chi connectivity index (χ0) is 70.8. The molecule has 42 nitrogen and oxygen atoms in total. The summed E-state index contributed by atoms with van der Waals surface area (Å²) in [5.74, 6) is -2.64. The summed E-state index contributed by atoms with van der Waals surface area (Å²) in [5, 5.41) is 238. The van der Waals surface area contributed by atoms with Crippen molar-refractivity contribution < 1.29 is 193 Å². The van der Waals surface area contributed by atoms with Crippen LogP contribution >= 0.6 is 0 Å². The van der Waals surface area contributed by atoms with E-state index in [1.165, 1.54) is 13.8 Å². The first-order valence-corrected chi connectivity index (χ1v) is 30.8. The largest absolute Gasteiger partial charge is 0.394 e. The van der Waals surface area contributed by atoms with Gasteiger partial charge < -0.3 is 194 Å². The van der Waals surface area contributed by atoms with Crippen molar-refractivity contribution in [2.45, 2.75) is 280 Å². The molecule has 0 spiro atoms. The van der Waals surface area contributed by atoms with Gasteiger partial charge in [-0.3, -0.25) is 14.4 Å². The van der Waals surface area contributed by atoms with Crippen LogP contribution in [-0.2, 0) is 85.4 Å². The molecule has 0 bridgehead atoms. The Morgan fingerprint density at radius 1 is 0.292 bits per heavy atom. The van der Waals surface area contributed by atoms with Crippen LogP contribution in [0.15, 0.2) is 0 Å². The fourth-order valence-electron chi connectivity index (χ4n) is 12.4. The minimum atomic E-state index is -2.45. The minimum Gasteiger partial charge on any atom is -0.394 e. The molecule has 0 aliphatic carbocycles. The third-order valence-electron chi connectivity index (χ3n) is 17.7. The van der Waals surface area contributed by atoms with E-state index in [4.69, 9.17) is 71.1 Å². The number of amides is 3. The highest BCUT2D eigenvalue weighted by Crippen LogP contribution is 2.39. The summed E-state index contributed by atoms with van der Waals surface area (Å²) in [7, 11) is 0. The van der Waals surface area contributed by atoms with Gasteiger partial charge in [0.1, 0.15) is 183 Å². The van der Waals surface area contributed by atoms with Crippen LogP contribution in [-0.4, -0.2) is 410 Å². The quantitative estimate of drug-likeness (QED) is 0.0452. The first-order valence-electron chi connectivity index (χ1n) is 30.8. The van der Waals surface area contributed by atoms with Crippen molar-refractivity contribution in [1.82, 2.24) is 16.0 Å². The lowest BCUT2D eigenvalue weighted by atomic mass is 9.93. The maximum absolute atomic E-state index is 13.2. The van der Waals surface area contributed by atoms with E-state index in [2.05, 4.69) is 16.0 Å². The molecule has 8 saturated heterocycles. The van der Waals surface area contributed by atoms with Gasteiger partial charge in [0, 0.05) is 20.8 Å². The summed E-state index contributed by atoms with van der Waals surface area (Å²) in [6.07, 6.45) is -72.3. The number of nitrogens with one attached hydrogen (secondary N) is 3. The van der Waals surface area contributed by atoms with Crippen molar-refractivity contribution in [3.8, 4) is 0 Å². The standard InChI is InChI=1S/C54H91N3O39/c1-12-26(65)34(73)38(77)50(84-12)83-11-22-43(44(25(47(81)86-22)57-16(5)64)94-52-40(79)35(74)27(66)13(2)85-52)93-49-24(56-15(4)63)33(72)42(20(9-61)90-49)92-53-41(80)45(31(70)21(91-53)10-82-51-39(78)36(75)29(68)18(7-59)88-51)95-54-46(37(76)30(69)19(8-60)89-54)96-48-23(55-14(3)62)32(71)28(67)17(6-58)87-48/h12-13,17-54,58-61,65-81H,6-11H2,1-5H3,(H,55,62)(H,56,63)(H,57,64)/t12-,13-,17+,18+,19+,20+,21+,22+,23+,24+,25+,26+,27+,28+,29+,30+,31+,32+,33+,34+,35+,36-,37-,38-,39-,40-,41-,42+,43+,44+,45-,46-,47?,48-,49-,50+,51-,52-,53-,54+/m0/s1. The lowest BCUT2D eigenvalue weighted by Crippen LogP contribution is -2.71. The van der Waals surface area contributed by atoms with E-state index in [0.29, 0.717) is 0 Å². The molecule has 42 heteroatoms. The fourth-order valence-corrected chi connectivity index (χ4v) is 12.4. The topological polar surface area (TPSA) is 651 Å². The van der Waals surface area contributed by atoms with Gasteiger partial charge in [-0.1, -0.05) is 0 Å². The molecule has 8 aliphatic heterocycles. The number of ether oxygens (including phenoxy) is 15. The molecule has 0 aromatic rings. The van der Waals surface area contributed by atoms with E-state index in [-0.39, 0.29) is 0 Å². The third kappa shape index (κ3) is 17.2. The Morgan fingerprint density at radius 2 is 0.656 bits per heavy atom. The molecule has 0 radical (unpaired) electrons. The minimum absolute atomic E-state index is 0.830. The van der Waals surface area contributed by atoms with Crippen molar-refractivity contribution >= 4 is 17.7 Å². The molecule has 8 heterocycles. The Hall–Kier alpha value is -3.03. The molecule has 8 rings (SSSR count). The fraction of sp³-hybridized carbons (Fsp3) is 0.944. The highest BCUT2D eigenvalue weighted by atomic mass is 16.8. The maximum atomic E-state index is 13.2. The average Bonchev–Trinajstić information content (AvgIpc) is 0.774. The van der Waals surface area contributed by atoms with Crippen LogP contribution in [0.25, 0.3) is 0 Å². The lowest BCUT2D eigenvalue weighted by molar-refractivity contribution is -0.396. The second-order valence-corrected chi connectivity index (χ2v) is 24.6. The predicted molar refractivity (Wildman–Crippen MR) is 296 cm³/mol. The highest BCUT2D eigenvalue weighted by molar-refractivity contribution is 5.74. The number of rotatable bonds is 23. The van der Waals surface area contributed by atoms with Crippen LogP contribution < -0.4 is 16.0 Å². The van der Waals surface area contributed by atoms with E-state index < -0.39 is 303 Å². The molecule has 40 atom stereocenters. The molecule has 96 heavy (non-hydrogen) atoms. The first-order chi connectivity index (χ1) is 45.3. The highest BCUT2D eigenvalue weighted by Gasteiger charge is 2.60. The Kier molecular flexibility index (Phi) is 27.7. The van der Waals surface area contributed by atoms with Gasteiger partial charge in [-0.15, -0.1) is 0 Å². The Bertz CT molecular complexity index is 2470. The lowest BCUT2D eigenvalue weighted by Gasteiger charge is -2.51. The van der Waals surface area contributed by atoms with Gasteiger partial charge in [-0.05, 0) is 13.8 Å². The number of hydrogen-bond acceptors (Lipinski definition) is 39. The Morgan fingerprint density at radius 3 is 1.19 bits per heavy atom. The van der Waals surface area contributed by atoms with Crippen LogP contribution in [0.5, 0.6) is 0 Å². The zero-order valence-electron chi connectivity index (χ0n) is 52.1. The number of hydrogen-bond donors (Lipinski definition) is 24. The molecular weight excluding hydrogens is 1310 g/mol. The molecule has 8 aliphatic rings. The predicted octanol–water partition coefficient (Wildman–Crippen LogP) is -16.0. The van der Waals surface area contributed by atoms with E-state index in [9.17, 15) is 122 Å². The molecule has 24 N–H and O–H groups in total. The van der Waals surface area contributed by atoms with Crippen LogP contribution in [0.3, 0.4) is 0 Å². The first kappa shape index (κ1) is 78.7. The molecule has 0 aromatic heterocycles. The number of aliphatic hydroxyl groups is 21. The van der Waals surface area contributed by atoms with Crippen molar-refractivity contribution in [3.63, 3.8) is 0 Å². The third-order valence-corrected chi connectivity index (χ3v) is 17.7. The summed E-state index contributed by atoms with van der Waals surface area (Å²) in [4.78, 5) is 38.4. The second-order valence-electron chi connectivity index (χ2n) is 24.6. The number of carbonyl (C=O) groups excluding carboxylic acids is 3. The van der Waals surface area contributed by atoms with Crippen LogP contribution in [0.1, 0.15) is 34.6 Å². The van der Waals surface area contributed by atoms with Gasteiger partial charge in [-0.25, -0.2) is 0 Å². The Balaban J connectivity index is 1.14. The Labute approximate surface area is 545 Å². The summed E-state index contributed by atoms with van der Waals surface area (Å²) < 4.78 is 88.9. The van der Waals surface area contributed by atoms with Crippen molar-refractivity contribution in [2.24, 2.45) is 0 Å². The summed E-state index contributed by atoms with van der Waals surface area (Å²) >= 11 is 0. The van der Waals surface area contributed by atoms with E-state index in [1.54, 1.807) is 0 Å². The summed E-state index contributed by atoms with van der Waals surface area (Å²) in [6.45, 7) is -0.495. The van der Waals surface area contributed by atoms with Crippen molar-refractivity contribution in [1.29, 1.82) is 0 Å². The van der Waals surface area contributed by atoms with Crippen molar-refractivity contribution in [2.75, 3.05) is 39.6 Å². The maximum Gasteiger partial charge on any atom is 0.217 e. The van der Waals surface area contributed by atoms with Gasteiger partial charge in [0.2, 0.25) is 17.7 Å². The number of aliphatic hydroxyl groups excluding tert-OH is 21. The number of carbonyl (C=O) groups is 3. The van der Waals surface area contributed by atoms with Crippen molar-refractivity contribution in [3.05, 3.63) is 0 Å². The van der Waals surface area contributed by atoms with Gasteiger partial charge in [0.25, 0.3) is 0 Å². The van der Waals surface area contributed by atoms with Gasteiger partial charge in [0.05, 0.1) is 51.8 Å². The second kappa shape index (κ2) is 33.8. The monoisotopic (exact) mass is 1410 g/mol. The van der Waals surface area contributed by atoms with Gasteiger partial charge >= 0.3 is 0 Å². The summed E-state index contributed by atoms with van der Waals surface area (Å²) in [6, 6.07) is -5.49. The smallest absolute Gasteiger partial charge is 0.217 e. The molecule has 8 fully saturated rings. The van der Waals surface area contributed by atoms with Crippen LogP contribution in [0, 0.1) is 0 Å². The van der Waals surface area contributed by atoms with Crippen LogP contribution in [0.4, 0.5) is 0 Å². The normalized spacial score (nSPS) is 50.3. The molecule has 556 valence electrons. The zero-order valence-corrected chi connectivity index (χ0v) is 52.1. The van der Waals surface area contributed by atoms with E-state index in [0.717, 1.165) is 20.8 Å². The SMILES string of the molecule is CC(=O)N[C@H]1[C@H](O[C@H]2[C@H](O[C@@H]3O[C@@H](C)[C@@H](O)[C@@H](O)[C@@H]3O)[C@@H](NC(C)=O)C(O)O[C@@H]2CO[C@@H]2O[C@@H](C)[C@@H](O)[C@@H](O)[C@@H]2O)O[C@H](CO)[C@@H](O[C@@H]2O[C@H](CO[C@H]3O[C@H](CO)[C@@H](O)[C@H](O)[C@@H]3O)[C@@H](O)[C@H](O[C@H]3O[C@H](CO)[C@@H](O)[C@H](O)[C@@H]3O[C@@H]3O[C@H](CO)[C@@H](O)[C@H](O)[C@H]3NC(C)=O)[C@@H]2O)[C@@H]1O. The molecule has 3 amide bonds. The van der Waals surface area contributed by atoms with E-state index >= 15 is 0 Å². The van der Waals surface area contributed by atoms with Gasteiger partial charge in [0.15, 0.2) is 50.3 Å².